The van der Waals surface area contributed by atoms with E-state index in [0.29, 0.717) is 0 Å². The second-order valence-electron chi connectivity index (χ2n) is 3.49. The normalized spacial score (nSPS) is 14.5. The van der Waals surface area contributed by atoms with Crippen molar-refractivity contribution in [3.63, 3.8) is 0 Å². The first-order valence-corrected chi connectivity index (χ1v) is 4.67. The van der Waals surface area contributed by atoms with Crippen LogP contribution in [-0.4, -0.2) is 5.91 Å². The summed E-state index contributed by atoms with van der Waals surface area (Å²) >= 11 is 0. The summed E-state index contributed by atoms with van der Waals surface area (Å²) in [4.78, 5) is 11.4. The second-order valence-corrected chi connectivity index (χ2v) is 3.49. The Kier molecular flexibility index (Phi) is 2.24. The number of carbonyl (C=O) groups excluding carboxylic acids is 1. The largest absolute Gasteiger partial charge is 0.326 e. The van der Waals surface area contributed by atoms with Gasteiger partial charge in [0.05, 0.1) is 0 Å². The van der Waals surface area contributed by atoms with Gasteiger partial charge in [0.15, 0.2) is 0 Å². The lowest BCUT2D eigenvalue weighted by atomic mass is 10.2. The molecule has 2 nitrogen and oxygen atoms in total. The van der Waals surface area contributed by atoms with E-state index in [1.165, 1.54) is 0 Å². The molecule has 1 aromatic carbocycles. The third-order valence-corrected chi connectivity index (χ3v) is 2.24. The lowest BCUT2D eigenvalue weighted by Gasteiger charge is -2.03. The van der Waals surface area contributed by atoms with E-state index in [0.717, 1.165) is 24.1 Å². The van der Waals surface area contributed by atoms with Crippen molar-refractivity contribution in [2.45, 2.75) is 12.8 Å². The maximum Gasteiger partial charge on any atom is 0.227 e. The Morgan fingerprint density at radius 3 is 2.93 bits per heavy atom. The van der Waals surface area contributed by atoms with Crippen LogP contribution in [0.4, 0.5) is 5.69 Å². The Hall–Kier alpha value is -1.75. The molecule has 0 atom stereocenters. The van der Waals surface area contributed by atoms with Gasteiger partial charge < -0.3 is 5.32 Å². The van der Waals surface area contributed by atoms with Gasteiger partial charge in [0.2, 0.25) is 5.91 Å². The minimum atomic E-state index is 0.110. The predicted molar refractivity (Wildman–Crippen MR) is 55.7 cm³/mol. The average molecular weight is 185 g/mol. The van der Waals surface area contributed by atoms with Crippen molar-refractivity contribution < 1.29 is 4.79 Å². The maximum atomic E-state index is 11.4. The fourth-order valence-electron chi connectivity index (χ4n) is 1.28. The molecule has 14 heavy (non-hydrogen) atoms. The highest BCUT2D eigenvalue weighted by atomic mass is 16.2. The van der Waals surface area contributed by atoms with Crippen LogP contribution in [0.2, 0.25) is 0 Å². The van der Waals surface area contributed by atoms with Crippen molar-refractivity contribution in [1.82, 2.24) is 0 Å². The van der Waals surface area contributed by atoms with Crippen LogP contribution in [0.15, 0.2) is 24.3 Å². The van der Waals surface area contributed by atoms with E-state index in [2.05, 4.69) is 11.2 Å². The van der Waals surface area contributed by atoms with Gasteiger partial charge in [0.1, 0.15) is 0 Å². The second kappa shape index (κ2) is 3.55. The molecule has 0 radical (unpaired) electrons. The van der Waals surface area contributed by atoms with Crippen molar-refractivity contribution in [1.29, 1.82) is 0 Å². The minimum absolute atomic E-state index is 0.110. The number of hydrogen-bond acceptors (Lipinski definition) is 1. The third-order valence-electron chi connectivity index (χ3n) is 2.24. The number of carbonyl (C=O) groups is 1. The number of hydrogen-bond donors (Lipinski definition) is 1. The number of rotatable bonds is 2. The topological polar surface area (TPSA) is 29.1 Å². The van der Waals surface area contributed by atoms with E-state index in [4.69, 9.17) is 6.42 Å². The molecule has 1 aliphatic carbocycles. The van der Waals surface area contributed by atoms with Crippen LogP contribution in [0.1, 0.15) is 18.4 Å². The van der Waals surface area contributed by atoms with Gasteiger partial charge in [-0.1, -0.05) is 12.0 Å². The first-order chi connectivity index (χ1) is 6.79. The molecule has 0 heterocycles. The highest BCUT2D eigenvalue weighted by Gasteiger charge is 2.29. The Balaban J connectivity index is 2.08. The summed E-state index contributed by atoms with van der Waals surface area (Å²) < 4.78 is 0. The predicted octanol–water partition coefficient (Wildman–Crippen LogP) is 2.02. The molecule has 1 aromatic rings. The summed E-state index contributed by atoms with van der Waals surface area (Å²) in [6, 6.07) is 7.34. The number of anilines is 1. The van der Waals surface area contributed by atoms with Gasteiger partial charge in [-0.25, -0.2) is 0 Å². The van der Waals surface area contributed by atoms with Gasteiger partial charge in [-0.2, -0.15) is 0 Å². The summed E-state index contributed by atoms with van der Waals surface area (Å²) in [5.41, 5.74) is 1.58. The van der Waals surface area contributed by atoms with Crippen molar-refractivity contribution in [3.05, 3.63) is 29.8 Å². The first-order valence-electron chi connectivity index (χ1n) is 4.67. The molecule has 1 amide bonds. The summed E-state index contributed by atoms with van der Waals surface area (Å²) in [7, 11) is 0. The zero-order chi connectivity index (χ0) is 9.97. The standard InChI is InChI=1S/C12H11NO/c1-2-9-4-3-5-11(8-9)13-12(14)10-6-7-10/h1,3-5,8,10H,6-7H2,(H,13,14). The van der Waals surface area contributed by atoms with Gasteiger partial charge >= 0.3 is 0 Å². The van der Waals surface area contributed by atoms with Crippen molar-refractivity contribution in [2.75, 3.05) is 5.32 Å². The minimum Gasteiger partial charge on any atom is -0.326 e. The summed E-state index contributed by atoms with van der Waals surface area (Å²) in [6.07, 6.45) is 7.29. The van der Waals surface area contributed by atoms with E-state index in [9.17, 15) is 4.79 Å². The van der Waals surface area contributed by atoms with E-state index >= 15 is 0 Å². The van der Waals surface area contributed by atoms with Crippen LogP contribution in [-0.2, 0) is 4.79 Å². The highest BCUT2D eigenvalue weighted by Crippen LogP contribution is 2.30. The smallest absolute Gasteiger partial charge is 0.227 e. The number of amides is 1. The molecule has 1 N–H and O–H groups in total. The van der Waals surface area contributed by atoms with Crippen LogP contribution < -0.4 is 5.32 Å². The lowest BCUT2D eigenvalue weighted by Crippen LogP contribution is -2.13. The zero-order valence-corrected chi connectivity index (χ0v) is 7.79. The van der Waals surface area contributed by atoms with Gasteiger partial charge in [0.25, 0.3) is 0 Å². The number of benzene rings is 1. The van der Waals surface area contributed by atoms with Crippen molar-refractivity contribution >= 4 is 11.6 Å². The van der Waals surface area contributed by atoms with Crippen LogP contribution >= 0.6 is 0 Å². The van der Waals surface area contributed by atoms with Gasteiger partial charge in [-0.3, -0.25) is 4.79 Å². The highest BCUT2D eigenvalue weighted by molar-refractivity contribution is 5.94. The molecule has 1 aliphatic rings. The zero-order valence-electron chi connectivity index (χ0n) is 7.79. The number of nitrogens with one attached hydrogen (secondary N) is 1. The first kappa shape index (κ1) is 8.83. The van der Waals surface area contributed by atoms with E-state index < -0.39 is 0 Å². The van der Waals surface area contributed by atoms with E-state index in [1.54, 1.807) is 6.07 Å². The Morgan fingerprint density at radius 1 is 1.50 bits per heavy atom. The SMILES string of the molecule is C#Cc1cccc(NC(=O)C2CC2)c1. The lowest BCUT2D eigenvalue weighted by molar-refractivity contribution is -0.117. The molecule has 1 fully saturated rings. The van der Waals surface area contributed by atoms with Gasteiger partial charge in [-0.05, 0) is 31.0 Å². The van der Waals surface area contributed by atoms with Crippen LogP contribution in [0.5, 0.6) is 0 Å². The fourth-order valence-corrected chi connectivity index (χ4v) is 1.28. The quantitative estimate of drug-likeness (QED) is 0.702. The molecule has 1 saturated carbocycles. The molecular weight excluding hydrogens is 174 g/mol. The van der Waals surface area contributed by atoms with E-state index in [-0.39, 0.29) is 11.8 Å². The molecule has 70 valence electrons. The van der Waals surface area contributed by atoms with Crippen molar-refractivity contribution in [2.24, 2.45) is 5.92 Å². The Morgan fingerprint density at radius 2 is 2.29 bits per heavy atom. The molecule has 0 aromatic heterocycles. The molecular formula is C12H11NO. The summed E-state index contributed by atoms with van der Waals surface area (Å²) in [5, 5.41) is 2.84. The number of terminal acetylenes is 1. The van der Waals surface area contributed by atoms with Crippen LogP contribution in [0.25, 0.3) is 0 Å². The molecule has 2 rings (SSSR count). The molecule has 0 saturated heterocycles. The third kappa shape index (κ3) is 1.94. The average Bonchev–Trinajstić information content (AvgIpc) is 3.01. The van der Waals surface area contributed by atoms with Crippen molar-refractivity contribution in [3.8, 4) is 12.3 Å². The molecule has 0 unspecified atom stereocenters. The molecule has 2 heteroatoms. The molecule has 0 spiro atoms. The van der Waals surface area contributed by atoms with Crippen LogP contribution in [0.3, 0.4) is 0 Å². The van der Waals surface area contributed by atoms with Crippen LogP contribution in [0, 0.1) is 18.3 Å². The monoisotopic (exact) mass is 185 g/mol. The molecule has 0 aliphatic heterocycles. The molecule has 0 bridgehead atoms. The van der Waals surface area contributed by atoms with E-state index in [1.807, 2.05) is 18.2 Å². The summed E-state index contributed by atoms with van der Waals surface area (Å²) in [5.74, 6) is 2.87. The maximum absolute atomic E-state index is 11.4. The van der Waals surface area contributed by atoms with Gasteiger partial charge in [-0.15, -0.1) is 6.42 Å². The fraction of sp³-hybridized carbons (Fsp3) is 0.250. The summed E-state index contributed by atoms with van der Waals surface area (Å²) in [6.45, 7) is 0. The Bertz CT molecular complexity index is 399. The van der Waals surface area contributed by atoms with Gasteiger partial charge in [0, 0.05) is 17.2 Å². The Labute approximate surface area is 83.3 Å².